The van der Waals surface area contributed by atoms with Crippen LogP contribution in [0.25, 0.3) is 10.2 Å². The topological polar surface area (TPSA) is 46.9 Å². The maximum absolute atomic E-state index is 12.1. The Balaban J connectivity index is 2.01. The summed E-state index contributed by atoms with van der Waals surface area (Å²) >= 11 is 1.59. The predicted molar refractivity (Wildman–Crippen MR) is 87.1 cm³/mol. The maximum atomic E-state index is 12.1. The number of carbonyl (C=O) groups excluding carboxylic acids is 1. The molecule has 1 fully saturated rings. The fourth-order valence-corrected chi connectivity index (χ4v) is 4.30. The number of thiophene rings is 1. The molecule has 1 saturated carbocycles. The second-order valence-corrected chi connectivity index (χ2v) is 6.76. The summed E-state index contributed by atoms with van der Waals surface area (Å²) in [6, 6.07) is 2.54. The fourth-order valence-electron chi connectivity index (χ4n) is 3.18. The van der Waals surface area contributed by atoms with E-state index in [9.17, 15) is 4.79 Å². The molecule has 21 heavy (non-hydrogen) atoms. The van der Waals surface area contributed by atoms with Crippen molar-refractivity contribution in [1.29, 1.82) is 0 Å². The lowest BCUT2D eigenvalue weighted by Crippen LogP contribution is -2.21. The Bertz CT molecular complexity index is 637. The van der Waals surface area contributed by atoms with Gasteiger partial charge in [0, 0.05) is 11.9 Å². The Morgan fingerprint density at radius 1 is 1.38 bits per heavy atom. The highest BCUT2D eigenvalue weighted by molar-refractivity contribution is 7.20. The molecule has 1 aliphatic carbocycles. The molecule has 1 aliphatic rings. The minimum Gasteiger partial charge on any atom is -0.352 e. The minimum atomic E-state index is 0.0379. The third-order valence-electron chi connectivity index (χ3n) is 4.28. The van der Waals surface area contributed by atoms with Crippen molar-refractivity contribution in [3.05, 3.63) is 16.6 Å². The van der Waals surface area contributed by atoms with E-state index in [0.29, 0.717) is 12.6 Å². The van der Waals surface area contributed by atoms with Gasteiger partial charge in [0.1, 0.15) is 4.83 Å². The summed E-state index contributed by atoms with van der Waals surface area (Å²) in [4.78, 5) is 14.1. The summed E-state index contributed by atoms with van der Waals surface area (Å²) in [5, 5.41) is 8.90. The predicted octanol–water partition coefficient (Wildman–Crippen LogP) is 3.92. The van der Waals surface area contributed by atoms with Crippen LogP contribution in [-0.2, 0) is 6.42 Å². The molecule has 0 aliphatic heterocycles. The zero-order valence-corrected chi connectivity index (χ0v) is 13.6. The Hall–Kier alpha value is -1.36. The molecule has 2 aromatic rings. The van der Waals surface area contributed by atoms with Crippen molar-refractivity contribution >= 4 is 27.5 Å². The molecule has 0 atom stereocenters. The third kappa shape index (κ3) is 2.71. The molecule has 1 N–H and O–H groups in total. The van der Waals surface area contributed by atoms with E-state index >= 15 is 0 Å². The van der Waals surface area contributed by atoms with E-state index < -0.39 is 0 Å². The first kappa shape index (κ1) is 14.6. The lowest BCUT2D eigenvalue weighted by atomic mass is 9.96. The molecular formula is C16H23N3OS. The number of fused-ring (bicyclic) bond motifs is 1. The van der Waals surface area contributed by atoms with Crippen LogP contribution in [0.4, 0.5) is 0 Å². The van der Waals surface area contributed by atoms with Gasteiger partial charge < -0.3 is 5.32 Å². The van der Waals surface area contributed by atoms with Crippen molar-refractivity contribution in [2.45, 2.75) is 58.4 Å². The number of hydrogen-bond donors (Lipinski definition) is 1. The van der Waals surface area contributed by atoms with Gasteiger partial charge in [-0.2, -0.15) is 5.10 Å². The highest BCUT2D eigenvalue weighted by atomic mass is 32.1. The number of hydrogen-bond acceptors (Lipinski definition) is 3. The zero-order valence-electron chi connectivity index (χ0n) is 12.8. The van der Waals surface area contributed by atoms with Crippen molar-refractivity contribution in [1.82, 2.24) is 15.1 Å². The maximum Gasteiger partial charge on any atom is 0.261 e. The molecule has 2 aromatic heterocycles. The summed E-state index contributed by atoms with van der Waals surface area (Å²) in [7, 11) is 0. The molecule has 0 radical (unpaired) electrons. The molecule has 4 nitrogen and oxygen atoms in total. The smallest absolute Gasteiger partial charge is 0.261 e. The SMILES string of the molecule is CCNC(=O)c1cc2c(CC)nn(C3CCCCC3)c2s1. The van der Waals surface area contributed by atoms with Gasteiger partial charge in [-0.3, -0.25) is 9.48 Å². The Labute approximate surface area is 129 Å². The number of aryl methyl sites for hydroxylation is 1. The van der Waals surface area contributed by atoms with E-state index in [1.54, 1.807) is 11.3 Å². The van der Waals surface area contributed by atoms with Gasteiger partial charge in [-0.1, -0.05) is 26.2 Å². The van der Waals surface area contributed by atoms with Crippen LogP contribution in [0.15, 0.2) is 6.07 Å². The highest BCUT2D eigenvalue weighted by Crippen LogP contribution is 2.35. The second kappa shape index (κ2) is 6.18. The molecule has 0 spiro atoms. The molecule has 0 bridgehead atoms. The summed E-state index contributed by atoms with van der Waals surface area (Å²) in [5.74, 6) is 0.0379. The van der Waals surface area contributed by atoms with Crippen molar-refractivity contribution in [2.24, 2.45) is 0 Å². The third-order valence-corrected chi connectivity index (χ3v) is 5.40. The van der Waals surface area contributed by atoms with Crippen molar-refractivity contribution in [2.75, 3.05) is 6.54 Å². The van der Waals surface area contributed by atoms with E-state index in [4.69, 9.17) is 5.10 Å². The van der Waals surface area contributed by atoms with Gasteiger partial charge in [-0.15, -0.1) is 11.3 Å². The largest absolute Gasteiger partial charge is 0.352 e. The van der Waals surface area contributed by atoms with Gasteiger partial charge in [0.05, 0.1) is 16.6 Å². The minimum absolute atomic E-state index is 0.0379. The van der Waals surface area contributed by atoms with Crippen molar-refractivity contribution in [3.63, 3.8) is 0 Å². The van der Waals surface area contributed by atoms with Gasteiger partial charge in [-0.05, 0) is 32.3 Å². The van der Waals surface area contributed by atoms with Gasteiger partial charge in [0.15, 0.2) is 0 Å². The summed E-state index contributed by atoms with van der Waals surface area (Å²) in [5.41, 5.74) is 1.13. The van der Waals surface area contributed by atoms with Crippen LogP contribution in [0.2, 0.25) is 0 Å². The number of nitrogens with zero attached hydrogens (tertiary/aromatic N) is 2. The Morgan fingerprint density at radius 3 is 2.81 bits per heavy atom. The summed E-state index contributed by atoms with van der Waals surface area (Å²) in [6.45, 7) is 4.76. The van der Waals surface area contributed by atoms with Crippen molar-refractivity contribution < 1.29 is 4.79 Å². The van der Waals surface area contributed by atoms with E-state index in [1.807, 2.05) is 13.0 Å². The van der Waals surface area contributed by atoms with E-state index in [1.165, 1.54) is 42.3 Å². The average molecular weight is 305 g/mol. The molecule has 5 heteroatoms. The molecular weight excluding hydrogens is 282 g/mol. The van der Waals surface area contributed by atoms with Crippen LogP contribution in [-0.4, -0.2) is 22.2 Å². The van der Waals surface area contributed by atoms with E-state index in [0.717, 1.165) is 17.0 Å². The summed E-state index contributed by atoms with van der Waals surface area (Å²) < 4.78 is 2.21. The summed E-state index contributed by atoms with van der Waals surface area (Å²) in [6.07, 6.45) is 7.28. The van der Waals surface area contributed by atoms with Gasteiger partial charge in [0.2, 0.25) is 0 Å². The highest BCUT2D eigenvalue weighted by Gasteiger charge is 2.23. The van der Waals surface area contributed by atoms with E-state index in [2.05, 4.69) is 16.9 Å². The van der Waals surface area contributed by atoms with Crippen LogP contribution in [0, 0.1) is 0 Å². The Kier molecular flexibility index (Phi) is 4.29. The quantitative estimate of drug-likeness (QED) is 0.930. The number of nitrogens with one attached hydrogen (secondary N) is 1. The average Bonchev–Trinajstić information content (AvgIpc) is 3.07. The van der Waals surface area contributed by atoms with Gasteiger partial charge >= 0.3 is 0 Å². The van der Waals surface area contributed by atoms with Crippen LogP contribution in [0.1, 0.15) is 67.4 Å². The molecule has 0 saturated heterocycles. The first-order valence-corrected chi connectivity index (χ1v) is 8.85. The monoisotopic (exact) mass is 305 g/mol. The number of amides is 1. The standard InChI is InChI=1S/C16H23N3OS/c1-3-13-12-10-14(15(20)17-4-2)21-16(12)19(18-13)11-8-6-5-7-9-11/h10-11H,3-9H2,1-2H3,(H,17,20). The molecule has 114 valence electrons. The lowest BCUT2D eigenvalue weighted by Gasteiger charge is -2.22. The molecule has 0 aromatic carbocycles. The number of rotatable bonds is 4. The van der Waals surface area contributed by atoms with Gasteiger partial charge in [-0.25, -0.2) is 0 Å². The molecule has 2 heterocycles. The zero-order chi connectivity index (χ0) is 14.8. The number of aromatic nitrogens is 2. The number of carbonyl (C=O) groups is 1. The van der Waals surface area contributed by atoms with Crippen molar-refractivity contribution in [3.8, 4) is 0 Å². The van der Waals surface area contributed by atoms with Crippen LogP contribution < -0.4 is 5.32 Å². The fraction of sp³-hybridized carbons (Fsp3) is 0.625. The molecule has 1 amide bonds. The first-order valence-electron chi connectivity index (χ1n) is 8.03. The van der Waals surface area contributed by atoms with Crippen LogP contribution >= 0.6 is 11.3 Å². The van der Waals surface area contributed by atoms with Gasteiger partial charge in [0.25, 0.3) is 5.91 Å². The second-order valence-electron chi connectivity index (χ2n) is 5.73. The molecule has 3 rings (SSSR count). The van der Waals surface area contributed by atoms with Crippen LogP contribution in [0.5, 0.6) is 0 Å². The Morgan fingerprint density at radius 2 is 2.14 bits per heavy atom. The first-order chi connectivity index (χ1) is 10.2. The normalized spacial score (nSPS) is 16.5. The molecule has 0 unspecified atom stereocenters. The lowest BCUT2D eigenvalue weighted by molar-refractivity contribution is 0.0960. The van der Waals surface area contributed by atoms with E-state index in [-0.39, 0.29) is 5.91 Å². The van der Waals surface area contributed by atoms with Crippen LogP contribution in [0.3, 0.4) is 0 Å².